The van der Waals surface area contributed by atoms with E-state index >= 15 is 0 Å². The summed E-state index contributed by atoms with van der Waals surface area (Å²) in [5, 5.41) is 0. The maximum absolute atomic E-state index is 3.64. The molecule has 2 radical (unpaired) electrons. The van der Waals surface area contributed by atoms with Gasteiger partial charge in [-0.1, -0.05) is 12.1 Å². The van der Waals surface area contributed by atoms with E-state index in [9.17, 15) is 0 Å². The molecule has 0 saturated carbocycles. The summed E-state index contributed by atoms with van der Waals surface area (Å²) in [6, 6.07) is 4.62. The van der Waals surface area contributed by atoms with E-state index in [1.165, 1.54) is 55.6 Å². The normalized spacial score (nSPS) is 15.7. The highest BCUT2D eigenvalue weighted by molar-refractivity contribution is 5.45. The lowest BCUT2D eigenvalue weighted by Crippen LogP contribution is -2.21. The molecule has 144 valence electrons. The highest BCUT2D eigenvalue weighted by atomic mass is 15.4. The topological polar surface area (TPSA) is 6.48 Å². The Morgan fingerprint density at radius 1 is 0.593 bits per heavy atom. The van der Waals surface area contributed by atoms with Crippen LogP contribution < -0.4 is 0 Å². The van der Waals surface area contributed by atoms with Gasteiger partial charge in [-0.25, -0.2) is 0 Å². The Morgan fingerprint density at radius 3 is 1.19 bits per heavy atom. The molecular weight excluding hydrogens is 328 g/mol. The number of benzene rings is 2. The smallest absolute Gasteiger partial charge is 0.147 e. The lowest BCUT2D eigenvalue weighted by atomic mass is 9.94. The van der Waals surface area contributed by atoms with Crippen LogP contribution in [0, 0.1) is 62.1 Å². The van der Waals surface area contributed by atoms with E-state index in [0.717, 1.165) is 26.2 Å². The first kappa shape index (κ1) is 20.1. The minimum absolute atomic E-state index is 0.960. The van der Waals surface area contributed by atoms with Gasteiger partial charge in [0.15, 0.2) is 0 Å². The molecule has 1 heterocycles. The van der Waals surface area contributed by atoms with Crippen molar-refractivity contribution in [2.24, 2.45) is 0 Å². The molecule has 2 heteroatoms. The molecule has 1 fully saturated rings. The Labute approximate surface area is 166 Å². The number of hydrogen-bond donors (Lipinski definition) is 0. The van der Waals surface area contributed by atoms with Crippen molar-refractivity contribution in [1.82, 2.24) is 9.80 Å². The van der Waals surface area contributed by atoms with Crippen LogP contribution in [0.1, 0.15) is 55.6 Å². The standard InChI is InChI=1S/C25H34N2/c1-16-11-17(2)21(6)24(20(16)5)13-26-9-10-27(15-26)14-25-22(7)18(3)12-19(4)23(25)8/h11-12H,9-10,13-14H2,1-8H3. The first-order chi connectivity index (χ1) is 12.7. The third kappa shape index (κ3) is 3.97. The molecule has 0 N–H and O–H groups in total. The minimum atomic E-state index is 0.960. The minimum Gasteiger partial charge on any atom is -0.274 e. The predicted molar refractivity (Wildman–Crippen MR) is 115 cm³/mol. The van der Waals surface area contributed by atoms with Crippen LogP contribution in [0.15, 0.2) is 12.1 Å². The van der Waals surface area contributed by atoms with E-state index in [-0.39, 0.29) is 0 Å². The Morgan fingerprint density at radius 2 is 0.889 bits per heavy atom. The van der Waals surface area contributed by atoms with Crippen LogP contribution in [-0.4, -0.2) is 22.9 Å². The molecule has 0 amide bonds. The molecular formula is C25H34N2. The number of nitrogens with zero attached hydrogens (tertiary/aromatic N) is 2. The molecule has 0 spiro atoms. The van der Waals surface area contributed by atoms with E-state index in [0.29, 0.717) is 0 Å². The van der Waals surface area contributed by atoms with Crippen LogP contribution in [0.3, 0.4) is 0 Å². The Balaban J connectivity index is 1.74. The maximum Gasteiger partial charge on any atom is 0.147 e. The number of hydrogen-bond acceptors (Lipinski definition) is 2. The van der Waals surface area contributed by atoms with Gasteiger partial charge in [-0.15, -0.1) is 0 Å². The van der Waals surface area contributed by atoms with Gasteiger partial charge >= 0.3 is 0 Å². The summed E-state index contributed by atoms with van der Waals surface area (Å²) in [6.07, 6.45) is 0. The summed E-state index contributed by atoms with van der Waals surface area (Å²) in [7, 11) is 0. The highest BCUT2D eigenvalue weighted by Gasteiger charge is 2.24. The average Bonchev–Trinajstić information content (AvgIpc) is 3.06. The van der Waals surface area contributed by atoms with E-state index < -0.39 is 0 Å². The Bertz CT molecular complexity index is 740. The van der Waals surface area contributed by atoms with E-state index in [1.807, 2.05) is 0 Å². The second kappa shape index (κ2) is 7.77. The second-order valence-corrected chi connectivity index (χ2v) is 8.42. The van der Waals surface area contributed by atoms with Crippen LogP contribution >= 0.6 is 0 Å². The zero-order chi connectivity index (χ0) is 19.9. The molecule has 3 rings (SSSR count). The van der Waals surface area contributed by atoms with Crippen molar-refractivity contribution in [3.63, 3.8) is 0 Å². The van der Waals surface area contributed by atoms with Crippen LogP contribution in [-0.2, 0) is 13.1 Å². The second-order valence-electron chi connectivity index (χ2n) is 8.42. The summed E-state index contributed by atoms with van der Waals surface area (Å²) in [5.41, 5.74) is 14.2. The summed E-state index contributed by atoms with van der Waals surface area (Å²) in [5.74, 6) is 0. The molecule has 2 nitrogen and oxygen atoms in total. The molecule has 1 aliphatic rings. The molecule has 0 bridgehead atoms. The average molecular weight is 363 g/mol. The van der Waals surface area contributed by atoms with E-state index in [1.54, 1.807) is 0 Å². The quantitative estimate of drug-likeness (QED) is 0.712. The molecule has 0 atom stereocenters. The summed E-state index contributed by atoms with van der Waals surface area (Å²) < 4.78 is 0. The van der Waals surface area contributed by atoms with Gasteiger partial charge in [0, 0.05) is 26.2 Å². The van der Waals surface area contributed by atoms with Crippen LogP contribution in [0.4, 0.5) is 0 Å². The molecule has 1 aliphatic heterocycles. The molecule has 2 aromatic carbocycles. The SMILES string of the molecule is Cc1cc(C)c(C)c(CN2[C]N(Cc3c(C)c(C)cc(C)c3C)CC2)c1C. The van der Waals surface area contributed by atoms with Gasteiger partial charge < -0.3 is 0 Å². The zero-order valence-electron chi connectivity index (χ0n) is 18.4. The van der Waals surface area contributed by atoms with Crippen molar-refractivity contribution in [2.45, 2.75) is 68.5 Å². The first-order valence-corrected chi connectivity index (χ1v) is 10.1. The van der Waals surface area contributed by atoms with Gasteiger partial charge in [-0.05, 0) is 111 Å². The predicted octanol–water partition coefficient (Wildman–Crippen LogP) is 5.47. The van der Waals surface area contributed by atoms with Crippen molar-refractivity contribution >= 4 is 0 Å². The molecule has 0 aromatic heterocycles. The van der Waals surface area contributed by atoms with Crippen molar-refractivity contribution in [3.05, 3.63) is 74.4 Å². The summed E-state index contributed by atoms with van der Waals surface area (Å²) in [4.78, 5) is 4.73. The monoisotopic (exact) mass is 362 g/mol. The fourth-order valence-corrected chi connectivity index (χ4v) is 4.22. The van der Waals surface area contributed by atoms with E-state index in [2.05, 4.69) is 84.0 Å². The van der Waals surface area contributed by atoms with Gasteiger partial charge in [0.1, 0.15) is 6.67 Å². The van der Waals surface area contributed by atoms with E-state index in [4.69, 9.17) is 0 Å². The first-order valence-electron chi connectivity index (χ1n) is 10.1. The molecule has 27 heavy (non-hydrogen) atoms. The van der Waals surface area contributed by atoms with Gasteiger partial charge in [0.25, 0.3) is 0 Å². The molecule has 2 aromatic rings. The lowest BCUT2D eigenvalue weighted by molar-refractivity contribution is 0.312. The van der Waals surface area contributed by atoms with Gasteiger partial charge in [-0.3, -0.25) is 9.80 Å². The zero-order valence-corrected chi connectivity index (χ0v) is 18.4. The molecule has 0 unspecified atom stereocenters. The van der Waals surface area contributed by atoms with Gasteiger partial charge in [0.2, 0.25) is 0 Å². The van der Waals surface area contributed by atoms with Gasteiger partial charge in [-0.2, -0.15) is 0 Å². The lowest BCUT2D eigenvalue weighted by Gasteiger charge is -2.22. The van der Waals surface area contributed by atoms with Crippen molar-refractivity contribution in [2.75, 3.05) is 13.1 Å². The number of aryl methyl sites for hydroxylation is 4. The van der Waals surface area contributed by atoms with Crippen LogP contribution in [0.5, 0.6) is 0 Å². The largest absolute Gasteiger partial charge is 0.274 e. The summed E-state index contributed by atoms with van der Waals surface area (Å²) in [6.45, 7) is 25.6. The maximum atomic E-state index is 3.64. The highest BCUT2D eigenvalue weighted by Crippen LogP contribution is 2.27. The third-order valence-electron chi connectivity index (χ3n) is 6.66. The van der Waals surface area contributed by atoms with Crippen LogP contribution in [0.25, 0.3) is 0 Å². The van der Waals surface area contributed by atoms with Crippen molar-refractivity contribution < 1.29 is 0 Å². The van der Waals surface area contributed by atoms with Crippen LogP contribution in [0.2, 0.25) is 0 Å². The Hall–Kier alpha value is -1.64. The number of rotatable bonds is 4. The summed E-state index contributed by atoms with van der Waals surface area (Å²) >= 11 is 0. The Kier molecular flexibility index (Phi) is 5.79. The third-order valence-corrected chi connectivity index (χ3v) is 6.66. The molecule has 1 saturated heterocycles. The molecule has 0 aliphatic carbocycles. The fraction of sp³-hybridized carbons (Fsp3) is 0.480. The van der Waals surface area contributed by atoms with Crippen molar-refractivity contribution in [1.29, 1.82) is 0 Å². The van der Waals surface area contributed by atoms with Gasteiger partial charge in [0.05, 0.1) is 0 Å². The fourth-order valence-electron chi connectivity index (χ4n) is 4.22. The van der Waals surface area contributed by atoms with Crippen molar-refractivity contribution in [3.8, 4) is 0 Å².